The molecule has 0 unspecified atom stereocenters. The number of unbranched alkanes of at least 4 members (excludes halogenated alkanes) is 2. The number of para-hydroxylation sites is 1. The summed E-state index contributed by atoms with van der Waals surface area (Å²) in [6, 6.07) is 23.6. The number of carbonyl (C=O) groups is 3. The summed E-state index contributed by atoms with van der Waals surface area (Å²) in [5, 5.41) is 16.4. The Morgan fingerprint density at radius 1 is 0.904 bits per heavy atom. The molecular formula is C39H43ClN6O5S. The van der Waals surface area contributed by atoms with Gasteiger partial charge >= 0.3 is 0 Å². The van der Waals surface area contributed by atoms with E-state index in [4.69, 9.17) is 17.0 Å². The molecule has 5 rings (SSSR count). The Morgan fingerprint density at radius 3 is 2.29 bits per heavy atom. The second-order valence-corrected chi connectivity index (χ2v) is 14.7. The van der Waals surface area contributed by atoms with Crippen molar-refractivity contribution >= 4 is 67.2 Å². The standard InChI is InChI=1S/C39H43ClN6O5S/c1-4-6-20-45(21-7-5-2)39(49)36(41)35(40)26(3)43-34-19-17-29(23-32(34)38(48)46-24-30-14-10-11-15-33(30)42-25-46)37(47)44-52(50,51)31-18-16-27-12-8-9-13-28(27)22-31/h8-19,22-23,41-43H,4-7,20-21,24-25H2,1-3H3,(H,44,47)/b35-26+,41-36?. The smallest absolute Gasteiger partial charge is 0.273 e. The number of hydrogen-bond acceptors (Lipinski definition) is 8. The lowest BCUT2D eigenvalue weighted by Gasteiger charge is -2.30. The van der Waals surface area contributed by atoms with E-state index in [1.165, 1.54) is 30.3 Å². The predicted octanol–water partition coefficient (Wildman–Crippen LogP) is 7.31. The third-order valence-electron chi connectivity index (χ3n) is 8.83. The van der Waals surface area contributed by atoms with Crippen LogP contribution in [0.5, 0.6) is 0 Å². The quantitative estimate of drug-likeness (QED) is 0.0989. The second-order valence-electron chi connectivity index (χ2n) is 12.6. The van der Waals surface area contributed by atoms with Gasteiger partial charge in [-0.3, -0.25) is 19.8 Å². The van der Waals surface area contributed by atoms with Crippen LogP contribution >= 0.6 is 11.6 Å². The molecule has 4 N–H and O–H groups in total. The summed E-state index contributed by atoms with van der Waals surface area (Å²) in [5.74, 6) is -1.85. The van der Waals surface area contributed by atoms with E-state index in [1.54, 1.807) is 34.9 Å². The molecule has 1 heterocycles. The summed E-state index contributed by atoms with van der Waals surface area (Å²) >= 11 is 6.63. The number of anilines is 2. The van der Waals surface area contributed by atoms with Crippen molar-refractivity contribution in [2.24, 2.45) is 0 Å². The van der Waals surface area contributed by atoms with Crippen molar-refractivity contribution < 1.29 is 22.8 Å². The van der Waals surface area contributed by atoms with Gasteiger partial charge in [0.25, 0.3) is 27.7 Å². The van der Waals surface area contributed by atoms with Crippen LogP contribution in [0, 0.1) is 5.41 Å². The Bertz CT molecular complexity index is 2140. The predicted molar refractivity (Wildman–Crippen MR) is 206 cm³/mol. The number of allylic oxidation sites excluding steroid dienone is 1. The van der Waals surface area contributed by atoms with Crippen LogP contribution in [0.15, 0.2) is 101 Å². The molecule has 1 aliphatic rings. The molecule has 0 spiro atoms. The van der Waals surface area contributed by atoms with Crippen molar-refractivity contribution in [2.75, 3.05) is 30.4 Å². The number of halogens is 1. The van der Waals surface area contributed by atoms with E-state index in [0.29, 0.717) is 18.5 Å². The number of benzene rings is 4. The molecule has 4 aromatic rings. The first-order valence-corrected chi connectivity index (χ1v) is 19.1. The van der Waals surface area contributed by atoms with Crippen LogP contribution in [0.1, 0.15) is 72.7 Å². The van der Waals surface area contributed by atoms with Gasteiger partial charge in [-0.15, -0.1) is 0 Å². The highest BCUT2D eigenvalue weighted by atomic mass is 35.5. The highest BCUT2D eigenvalue weighted by Gasteiger charge is 2.27. The zero-order valence-corrected chi connectivity index (χ0v) is 31.0. The second kappa shape index (κ2) is 16.9. The van der Waals surface area contributed by atoms with Gasteiger partial charge in [-0.1, -0.05) is 86.8 Å². The Morgan fingerprint density at radius 2 is 1.58 bits per heavy atom. The normalized spacial score (nSPS) is 13.0. The molecule has 0 aromatic heterocycles. The van der Waals surface area contributed by atoms with Gasteiger partial charge in [0.2, 0.25) is 0 Å². The van der Waals surface area contributed by atoms with E-state index in [9.17, 15) is 22.8 Å². The summed E-state index contributed by atoms with van der Waals surface area (Å²) in [5.41, 5.74) is 1.92. The number of nitrogens with zero attached hydrogens (tertiary/aromatic N) is 2. The number of hydrogen-bond donors (Lipinski definition) is 4. The first-order valence-electron chi connectivity index (χ1n) is 17.3. The maximum Gasteiger partial charge on any atom is 0.273 e. The van der Waals surface area contributed by atoms with E-state index in [0.717, 1.165) is 42.3 Å². The van der Waals surface area contributed by atoms with E-state index in [-0.39, 0.29) is 51.4 Å². The van der Waals surface area contributed by atoms with Crippen LogP contribution in [0.25, 0.3) is 10.8 Å². The fourth-order valence-corrected chi connectivity index (χ4v) is 6.98. The molecule has 0 fully saturated rings. The van der Waals surface area contributed by atoms with Crippen LogP contribution in [-0.4, -0.2) is 61.4 Å². The van der Waals surface area contributed by atoms with Crippen LogP contribution in [0.2, 0.25) is 0 Å². The molecule has 13 heteroatoms. The Balaban J connectivity index is 1.45. The summed E-state index contributed by atoms with van der Waals surface area (Å²) < 4.78 is 28.8. The molecule has 0 saturated carbocycles. The lowest BCUT2D eigenvalue weighted by molar-refractivity contribution is -0.124. The number of fused-ring (bicyclic) bond motifs is 2. The van der Waals surface area contributed by atoms with Crippen molar-refractivity contribution in [3.8, 4) is 0 Å². The van der Waals surface area contributed by atoms with E-state index in [2.05, 4.69) is 15.4 Å². The third-order valence-corrected chi connectivity index (χ3v) is 10.6. The lowest BCUT2D eigenvalue weighted by atomic mass is 10.0. The highest BCUT2D eigenvalue weighted by Crippen LogP contribution is 2.28. The molecule has 1 aliphatic heterocycles. The molecule has 11 nitrogen and oxygen atoms in total. The monoisotopic (exact) mass is 742 g/mol. The fraction of sp³-hybridized carbons (Fsp3) is 0.282. The number of carbonyl (C=O) groups excluding carboxylic acids is 3. The Hall–Kier alpha value is -5.20. The van der Waals surface area contributed by atoms with Crippen LogP contribution in [0.4, 0.5) is 11.4 Å². The summed E-state index contributed by atoms with van der Waals surface area (Å²) in [7, 11) is -4.27. The maximum absolute atomic E-state index is 14.2. The molecule has 0 radical (unpaired) electrons. The summed E-state index contributed by atoms with van der Waals surface area (Å²) in [6.45, 7) is 7.16. The van der Waals surface area contributed by atoms with Gasteiger partial charge in [0.05, 0.1) is 27.8 Å². The van der Waals surface area contributed by atoms with Crippen LogP contribution in [-0.2, 0) is 21.4 Å². The molecule has 0 atom stereocenters. The minimum Gasteiger partial charge on any atom is -0.367 e. The van der Waals surface area contributed by atoms with Gasteiger partial charge in [0, 0.05) is 36.6 Å². The minimum absolute atomic E-state index is 0.0612. The van der Waals surface area contributed by atoms with E-state index in [1.807, 2.05) is 50.2 Å². The molecule has 52 heavy (non-hydrogen) atoms. The van der Waals surface area contributed by atoms with Crippen molar-refractivity contribution in [2.45, 2.75) is 57.9 Å². The fourth-order valence-electron chi connectivity index (χ4n) is 5.84. The molecular weight excluding hydrogens is 700 g/mol. The zero-order chi connectivity index (χ0) is 37.4. The van der Waals surface area contributed by atoms with Gasteiger partial charge in [-0.2, -0.15) is 0 Å². The Labute approximate surface area is 309 Å². The molecule has 0 aliphatic carbocycles. The number of rotatable bonds is 14. The molecule has 4 aromatic carbocycles. The van der Waals surface area contributed by atoms with Gasteiger partial charge in [0.15, 0.2) is 0 Å². The summed E-state index contributed by atoms with van der Waals surface area (Å²) in [4.78, 5) is 44.1. The molecule has 272 valence electrons. The first kappa shape index (κ1) is 38.0. The van der Waals surface area contributed by atoms with Gasteiger partial charge < -0.3 is 20.4 Å². The zero-order valence-electron chi connectivity index (χ0n) is 29.5. The molecule has 3 amide bonds. The first-order chi connectivity index (χ1) is 24.9. The van der Waals surface area contributed by atoms with Crippen molar-refractivity contribution in [3.05, 3.63) is 112 Å². The maximum atomic E-state index is 14.2. The largest absolute Gasteiger partial charge is 0.367 e. The van der Waals surface area contributed by atoms with Crippen LogP contribution in [0.3, 0.4) is 0 Å². The van der Waals surface area contributed by atoms with E-state index < -0.39 is 27.7 Å². The average molecular weight is 743 g/mol. The minimum atomic E-state index is -4.27. The number of nitrogens with one attached hydrogen (secondary N) is 4. The summed E-state index contributed by atoms with van der Waals surface area (Å²) in [6.07, 6.45) is 3.38. The van der Waals surface area contributed by atoms with Gasteiger partial charge in [0.1, 0.15) is 5.71 Å². The highest BCUT2D eigenvalue weighted by molar-refractivity contribution is 7.90. The third kappa shape index (κ3) is 8.80. The number of sulfonamides is 1. The van der Waals surface area contributed by atoms with Crippen molar-refractivity contribution in [1.82, 2.24) is 14.5 Å². The molecule has 0 saturated heterocycles. The van der Waals surface area contributed by atoms with Crippen molar-refractivity contribution in [1.29, 1.82) is 5.41 Å². The lowest BCUT2D eigenvalue weighted by Crippen LogP contribution is -2.39. The Kier molecular flexibility index (Phi) is 12.3. The van der Waals surface area contributed by atoms with Gasteiger partial charge in [-0.25, -0.2) is 13.1 Å². The van der Waals surface area contributed by atoms with Gasteiger partial charge in [-0.05, 0) is 72.5 Å². The van der Waals surface area contributed by atoms with Crippen molar-refractivity contribution in [3.63, 3.8) is 0 Å². The van der Waals surface area contributed by atoms with E-state index >= 15 is 0 Å². The SMILES string of the molecule is CCCCN(CCCC)C(=O)C(=N)/C(Cl)=C(/C)Nc1ccc(C(=O)NS(=O)(=O)c2ccc3ccccc3c2)cc1C(=O)N1CNc2ccccc2C1. The average Bonchev–Trinajstić information content (AvgIpc) is 3.16. The molecule has 0 bridgehead atoms. The topological polar surface area (TPSA) is 152 Å². The number of amides is 3. The van der Waals surface area contributed by atoms with Crippen LogP contribution < -0.4 is 15.4 Å².